The van der Waals surface area contributed by atoms with Crippen LogP contribution in [0.1, 0.15) is 84.0 Å². The molecule has 136 valence electrons. The molecule has 0 aliphatic heterocycles. The van der Waals surface area contributed by atoms with Crippen LogP contribution >= 0.6 is 0 Å². The number of hydrogen-bond acceptors (Lipinski definition) is 0. The summed E-state index contributed by atoms with van der Waals surface area (Å²) < 4.78 is 4.39. The number of imidazole rings is 1. The van der Waals surface area contributed by atoms with E-state index in [0.29, 0.717) is 0 Å². The molecule has 1 aromatic rings. The summed E-state index contributed by atoms with van der Waals surface area (Å²) >= 11 is 0. The lowest BCUT2D eigenvalue weighted by molar-refractivity contribution is -0.671. The van der Waals surface area contributed by atoms with Crippen LogP contribution in [0.2, 0.25) is 0 Å². The van der Waals surface area contributed by atoms with E-state index in [4.69, 9.17) is 0 Å². The molecule has 0 aliphatic rings. The van der Waals surface area contributed by atoms with Crippen LogP contribution in [-0.2, 0) is 13.6 Å². The van der Waals surface area contributed by atoms with Crippen molar-refractivity contribution in [1.29, 1.82) is 0 Å². The fourth-order valence-corrected chi connectivity index (χ4v) is 2.92. The van der Waals surface area contributed by atoms with Crippen LogP contribution in [-0.4, -0.2) is 4.57 Å². The van der Waals surface area contributed by atoms with E-state index in [1.807, 2.05) is 0 Å². The number of aryl methyl sites for hydroxylation is 2. The third-order valence-electron chi connectivity index (χ3n) is 4.44. The molecule has 2 heteroatoms. The molecule has 0 atom stereocenters. The summed E-state index contributed by atoms with van der Waals surface area (Å²) in [6, 6.07) is 0. The first-order valence-electron chi connectivity index (χ1n) is 10.1. The predicted molar refractivity (Wildman–Crippen MR) is 105 cm³/mol. The highest BCUT2D eigenvalue weighted by Gasteiger charge is 1.99. The van der Waals surface area contributed by atoms with E-state index in [-0.39, 0.29) is 0 Å². The Hall–Kier alpha value is -1.31. The molecule has 0 aromatic carbocycles. The molecule has 0 bridgehead atoms. The number of aromatic nitrogens is 2. The van der Waals surface area contributed by atoms with Crippen molar-refractivity contribution in [2.24, 2.45) is 7.05 Å². The minimum absolute atomic E-state index is 1.11. The highest BCUT2D eigenvalue weighted by atomic mass is 15.1. The molecule has 0 saturated carbocycles. The number of hydrogen-bond donors (Lipinski definition) is 0. The number of allylic oxidation sites excluding steroid dienone is 4. The Kier molecular flexibility index (Phi) is 13.2. The zero-order chi connectivity index (χ0) is 17.3. The average molecular weight is 332 g/mol. The normalized spacial score (nSPS) is 11.9. The summed E-state index contributed by atoms with van der Waals surface area (Å²) in [5.41, 5.74) is 0. The zero-order valence-corrected chi connectivity index (χ0v) is 16.1. The number of nitrogens with zero attached hydrogens (tertiary/aromatic N) is 2. The van der Waals surface area contributed by atoms with Crippen LogP contribution in [0.3, 0.4) is 0 Å². The van der Waals surface area contributed by atoms with Crippen molar-refractivity contribution in [2.75, 3.05) is 0 Å². The number of unbranched alkanes of at least 4 members (excludes halogenated alkanes) is 9. The SMILES string of the molecule is CCCCC/C=C/C/C=C/CCCCCCCCn1cc[n+](C)c1. The van der Waals surface area contributed by atoms with Gasteiger partial charge in [-0.3, -0.25) is 0 Å². The fraction of sp³-hybridized carbons (Fsp3) is 0.682. The van der Waals surface area contributed by atoms with Crippen LogP contribution in [0.4, 0.5) is 0 Å². The zero-order valence-electron chi connectivity index (χ0n) is 16.1. The van der Waals surface area contributed by atoms with Crippen LogP contribution in [0.15, 0.2) is 43.0 Å². The van der Waals surface area contributed by atoms with E-state index in [1.165, 1.54) is 70.6 Å². The maximum Gasteiger partial charge on any atom is 0.243 e. The average Bonchev–Trinajstić information content (AvgIpc) is 3.00. The summed E-state index contributed by atoms with van der Waals surface area (Å²) in [6.45, 7) is 3.42. The maximum atomic E-state index is 2.36. The smallest absolute Gasteiger partial charge is 0.240 e. The van der Waals surface area contributed by atoms with Crippen LogP contribution in [0, 0.1) is 0 Å². The van der Waals surface area contributed by atoms with Gasteiger partial charge < -0.3 is 0 Å². The Bertz CT molecular complexity index is 443. The van der Waals surface area contributed by atoms with Gasteiger partial charge in [-0.15, -0.1) is 0 Å². The van der Waals surface area contributed by atoms with Crippen molar-refractivity contribution >= 4 is 0 Å². The van der Waals surface area contributed by atoms with Gasteiger partial charge in [0.15, 0.2) is 0 Å². The molecular formula is C22H39N2+. The summed E-state index contributed by atoms with van der Waals surface area (Å²) in [6.07, 6.45) is 31.6. The lowest BCUT2D eigenvalue weighted by Crippen LogP contribution is -2.23. The molecule has 0 radical (unpaired) electrons. The molecule has 0 aliphatic carbocycles. The molecule has 24 heavy (non-hydrogen) atoms. The van der Waals surface area contributed by atoms with Crippen molar-refractivity contribution in [3.63, 3.8) is 0 Å². The van der Waals surface area contributed by atoms with Gasteiger partial charge >= 0.3 is 0 Å². The van der Waals surface area contributed by atoms with Crippen molar-refractivity contribution in [3.05, 3.63) is 43.0 Å². The molecule has 0 amide bonds. The molecule has 1 heterocycles. The molecule has 0 fully saturated rings. The van der Waals surface area contributed by atoms with E-state index >= 15 is 0 Å². The van der Waals surface area contributed by atoms with Crippen molar-refractivity contribution in [2.45, 2.75) is 90.5 Å². The van der Waals surface area contributed by atoms with Gasteiger partial charge in [0.2, 0.25) is 6.33 Å². The van der Waals surface area contributed by atoms with Gasteiger partial charge in [0.25, 0.3) is 0 Å². The molecule has 0 N–H and O–H groups in total. The van der Waals surface area contributed by atoms with Crippen LogP contribution in [0.25, 0.3) is 0 Å². The Morgan fingerprint density at radius 2 is 1.42 bits per heavy atom. The maximum absolute atomic E-state index is 2.36. The van der Waals surface area contributed by atoms with E-state index in [1.54, 1.807) is 0 Å². The van der Waals surface area contributed by atoms with E-state index < -0.39 is 0 Å². The van der Waals surface area contributed by atoms with Gasteiger partial charge in [-0.1, -0.05) is 63.3 Å². The standard InChI is InChI=1S/C22H39N2/c1-3-4-5-6-7-8-9-10-11-12-13-14-15-16-17-18-19-24-21-20-23(2)22-24/h7-8,10-11,20-22H,3-6,9,12-19H2,1-2H3/q+1/b8-7+,11-10+. The molecule has 1 aromatic heterocycles. The first-order valence-corrected chi connectivity index (χ1v) is 10.1. The highest BCUT2D eigenvalue weighted by Crippen LogP contribution is 2.08. The Morgan fingerprint density at radius 3 is 2.04 bits per heavy atom. The molecule has 1 rings (SSSR count). The topological polar surface area (TPSA) is 8.81 Å². The Morgan fingerprint density at radius 1 is 0.792 bits per heavy atom. The lowest BCUT2D eigenvalue weighted by atomic mass is 10.1. The third kappa shape index (κ3) is 12.2. The van der Waals surface area contributed by atoms with Crippen molar-refractivity contribution in [1.82, 2.24) is 4.57 Å². The molecule has 0 saturated heterocycles. The Balaban J connectivity index is 1.80. The first-order chi connectivity index (χ1) is 11.8. The molecular weight excluding hydrogens is 292 g/mol. The van der Waals surface area contributed by atoms with Gasteiger partial charge in [0.1, 0.15) is 12.4 Å². The lowest BCUT2D eigenvalue weighted by Gasteiger charge is -2.00. The van der Waals surface area contributed by atoms with Gasteiger partial charge in [0, 0.05) is 0 Å². The third-order valence-corrected chi connectivity index (χ3v) is 4.44. The van der Waals surface area contributed by atoms with Gasteiger partial charge in [-0.25, -0.2) is 9.13 Å². The Labute approximate surface area is 150 Å². The second-order valence-corrected chi connectivity index (χ2v) is 6.90. The largest absolute Gasteiger partial charge is 0.243 e. The fourth-order valence-electron chi connectivity index (χ4n) is 2.92. The summed E-state index contributed by atoms with van der Waals surface area (Å²) in [4.78, 5) is 0. The monoisotopic (exact) mass is 331 g/mol. The number of rotatable bonds is 15. The summed E-state index contributed by atoms with van der Waals surface area (Å²) in [5.74, 6) is 0. The minimum atomic E-state index is 1.11. The highest BCUT2D eigenvalue weighted by molar-refractivity contribution is 4.92. The van der Waals surface area contributed by atoms with Crippen LogP contribution < -0.4 is 4.57 Å². The van der Waals surface area contributed by atoms with E-state index in [2.05, 4.69) is 66.1 Å². The second-order valence-electron chi connectivity index (χ2n) is 6.90. The predicted octanol–water partition coefficient (Wildman–Crippen LogP) is 6.13. The van der Waals surface area contributed by atoms with Gasteiger partial charge in [0.05, 0.1) is 13.6 Å². The minimum Gasteiger partial charge on any atom is -0.240 e. The quantitative estimate of drug-likeness (QED) is 0.208. The van der Waals surface area contributed by atoms with Gasteiger partial charge in [-0.2, -0.15) is 0 Å². The van der Waals surface area contributed by atoms with Crippen LogP contribution in [0.5, 0.6) is 0 Å². The van der Waals surface area contributed by atoms with Crippen molar-refractivity contribution in [3.8, 4) is 0 Å². The van der Waals surface area contributed by atoms with Crippen molar-refractivity contribution < 1.29 is 4.57 Å². The molecule has 2 nitrogen and oxygen atoms in total. The van der Waals surface area contributed by atoms with E-state index in [9.17, 15) is 0 Å². The molecule has 0 unspecified atom stereocenters. The summed E-state index contributed by atoms with van der Waals surface area (Å²) in [7, 11) is 2.08. The van der Waals surface area contributed by atoms with E-state index in [0.717, 1.165) is 13.0 Å². The first kappa shape index (κ1) is 20.7. The summed E-state index contributed by atoms with van der Waals surface area (Å²) in [5, 5.41) is 0. The van der Waals surface area contributed by atoms with Gasteiger partial charge in [-0.05, 0) is 44.9 Å². The molecule has 0 spiro atoms. The second kappa shape index (κ2) is 15.2.